The van der Waals surface area contributed by atoms with Gasteiger partial charge in [0.2, 0.25) is 0 Å². The SMILES string of the molecule is CCOC(=O)Nc1cc(N2CCN(c3ccc(N)cc3)CC2)ccn1. The van der Waals surface area contributed by atoms with E-state index in [9.17, 15) is 4.79 Å². The van der Waals surface area contributed by atoms with Crippen LogP contribution in [0.3, 0.4) is 0 Å². The average molecular weight is 341 g/mol. The molecule has 1 saturated heterocycles. The van der Waals surface area contributed by atoms with Crippen LogP contribution in [0.1, 0.15) is 6.92 Å². The minimum atomic E-state index is -0.486. The zero-order valence-electron chi connectivity index (χ0n) is 14.3. The van der Waals surface area contributed by atoms with Gasteiger partial charge in [-0.1, -0.05) is 0 Å². The molecular formula is C18H23N5O2. The number of carbonyl (C=O) groups excluding carboxylic acids is 1. The predicted molar refractivity (Wildman–Crippen MR) is 100 cm³/mol. The Morgan fingerprint density at radius 3 is 2.40 bits per heavy atom. The lowest BCUT2D eigenvalue weighted by Crippen LogP contribution is -2.46. The van der Waals surface area contributed by atoms with Crippen molar-refractivity contribution in [2.45, 2.75) is 6.92 Å². The molecule has 2 heterocycles. The maximum Gasteiger partial charge on any atom is 0.412 e. The highest BCUT2D eigenvalue weighted by molar-refractivity contribution is 5.84. The highest BCUT2D eigenvalue weighted by atomic mass is 16.5. The van der Waals surface area contributed by atoms with Gasteiger partial charge in [0.1, 0.15) is 5.82 Å². The molecule has 0 radical (unpaired) electrons. The van der Waals surface area contributed by atoms with Gasteiger partial charge in [-0.15, -0.1) is 0 Å². The Hall–Kier alpha value is -2.96. The maximum atomic E-state index is 11.5. The van der Waals surface area contributed by atoms with Crippen molar-refractivity contribution in [3.63, 3.8) is 0 Å². The molecule has 7 nitrogen and oxygen atoms in total. The number of nitrogens with zero attached hydrogens (tertiary/aromatic N) is 3. The van der Waals surface area contributed by atoms with E-state index in [2.05, 4.69) is 32.2 Å². The summed E-state index contributed by atoms with van der Waals surface area (Å²) < 4.78 is 4.88. The Morgan fingerprint density at radius 2 is 1.76 bits per heavy atom. The van der Waals surface area contributed by atoms with Crippen molar-refractivity contribution in [2.75, 3.05) is 53.6 Å². The largest absolute Gasteiger partial charge is 0.450 e. The van der Waals surface area contributed by atoms with Gasteiger partial charge < -0.3 is 20.3 Å². The first-order valence-corrected chi connectivity index (χ1v) is 8.41. The summed E-state index contributed by atoms with van der Waals surface area (Å²) in [7, 11) is 0. The summed E-state index contributed by atoms with van der Waals surface area (Å²) in [5.74, 6) is 0.497. The van der Waals surface area contributed by atoms with Crippen LogP contribution in [-0.4, -0.2) is 43.9 Å². The fourth-order valence-electron chi connectivity index (χ4n) is 2.86. The van der Waals surface area contributed by atoms with Gasteiger partial charge in [-0.2, -0.15) is 0 Å². The van der Waals surface area contributed by atoms with Gasteiger partial charge in [0, 0.05) is 55.5 Å². The molecule has 25 heavy (non-hydrogen) atoms. The lowest BCUT2D eigenvalue weighted by molar-refractivity contribution is 0.168. The number of nitrogen functional groups attached to an aromatic ring is 1. The molecule has 1 aliphatic heterocycles. The summed E-state index contributed by atoms with van der Waals surface area (Å²) in [6, 6.07) is 11.8. The summed E-state index contributed by atoms with van der Waals surface area (Å²) in [5.41, 5.74) is 8.76. The quantitative estimate of drug-likeness (QED) is 0.832. The van der Waals surface area contributed by atoms with Crippen LogP contribution in [0.2, 0.25) is 0 Å². The summed E-state index contributed by atoms with van der Waals surface area (Å²) >= 11 is 0. The molecule has 1 fully saturated rings. The monoisotopic (exact) mass is 341 g/mol. The van der Waals surface area contributed by atoms with Crippen LogP contribution in [-0.2, 0) is 4.74 Å². The molecule has 0 unspecified atom stereocenters. The molecule has 0 aliphatic carbocycles. The fourth-order valence-corrected chi connectivity index (χ4v) is 2.86. The Bertz CT molecular complexity index is 712. The Balaban J connectivity index is 1.61. The number of aromatic nitrogens is 1. The number of piperazine rings is 1. The van der Waals surface area contributed by atoms with Crippen LogP contribution in [0.5, 0.6) is 0 Å². The van der Waals surface area contributed by atoms with E-state index in [1.165, 1.54) is 5.69 Å². The first kappa shape index (κ1) is 16.9. The third-order valence-corrected chi connectivity index (χ3v) is 4.15. The molecule has 7 heteroatoms. The zero-order chi connectivity index (χ0) is 17.6. The molecule has 3 N–H and O–H groups in total. The molecule has 1 aliphatic rings. The lowest BCUT2D eigenvalue weighted by atomic mass is 10.2. The minimum absolute atomic E-state index is 0.332. The van der Waals surface area contributed by atoms with Crippen molar-refractivity contribution >= 4 is 29.0 Å². The van der Waals surface area contributed by atoms with E-state index < -0.39 is 6.09 Å². The van der Waals surface area contributed by atoms with Gasteiger partial charge in [-0.3, -0.25) is 5.32 Å². The second kappa shape index (κ2) is 7.74. The van der Waals surface area contributed by atoms with Crippen molar-refractivity contribution in [3.8, 4) is 0 Å². The first-order chi connectivity index (χ1) is 12.2. The number of nitrogens with two attached hydrogens (primary N) is 1. The smallest absolute Gasteiger partial charge is 0.412 e. The topological polar surface area (TPSA) is 83.7 Å². The van der Waals surface area contributed by atoms with Gasteiger partial charge in [0.15, 0.2) is 0 Å². The molecular weight excluding hydrogens is 318 g/mol. The standard InChI is InChI=1S/C18H23N5O2/c1-2-25-18(24)21-17-13-16(7-8-20-17)23-11-9-22(10-12-23)15-5-3-14(19)4-6-15/h3-8,13H,2,9-12,19H2,1H3,(H,20,21,24). The van der Waals surface area contributed by atoms with E-state index in [0.717, 1.165) is 37.6 Å². The number of rotatable bonds is 4. The van der Waals surface area contributed by atoms with Crippen LogP contribution < -0.4 is 20.9 Å². The van der Waals surface area contributed by atoms with E-state index in [0.29, 0.717) is 12.4 Å². The Morgan fingerprint density at radius 1 is 1.12 bits per heavy atom. The molecule has 1 aromatic carbocycles. The first-order valence-electron chi connectivity index (χ1n) is 8.41. The molecule has 3 rings (SSSR count). The highest BCUT2D eigenvalue weighted by Gasteiger charge is 2.18. The molecule has 0 atom stereocenters. The molecule has 1 aromatic heterocycles. The van der Waals surface area contributed by atoms with Crippen LogP contribution in [0, 0.1) is 0 Å². The third-order valence-electron chi connectivity index (χ3n) is 4.15. The van der Waals surface area contributed by atoms with Gasteiger partial charge in [-0.05, 0) is 37.3 Å². The number of anilines is 4. The van der Waals surface area contributed by atoms with Crippen LogP contribution in [0.15, 0.2) is 42.6 Å². The van der Waals surface area contributed by atoms with E-state index in [1.54, 1.807) is 13.1 Å². The van der Waals surface area contributed by atoms with E-state index in [4.69, 9.17) is 10.5 Å². The van der Waals surface area contributed by atoms with Gasteiger partial charge in [0.05, 0.1) is 6.61 Å². The van der Waals surface area contributed by atoms with Crippen molar-refractivity contribution in [1.82, 2.24) is 4.98 Å². The van der Waals surface area contributed by atoms with Crippen LogP contribution in [0.25, 0.3) is 0 Å². The number of hydrogen-bond acceptors (Lipinski definition) is 6. The summed E-state index contributed by atoms with van der Waals surface area (Å²) in [6.07, 6.45) is 1.21. The fraction of sp³-hybridized carbons (Fsp3) is 0.333. The van der Waals surface area contributed by atoms with Crippen molar-refractivity contribution in [2.24, 2.45) is 0 Å². The second-order valence-corrected chi connectivity index (χ2v) is 5.81. The van der Waals surface area contributed by atoms with Crippen LogP contribution >= 0.6 is 0 Å². The third kappa shape index (κ3) is 4.32. The van der Waals surface area contributed by atoms with E-state index in [1.807, 2.05) is 24.3 Å². The lowest BCUT2D eigenvalue weighted by Gasteiger charge is -2.37. The molecule has 132 valence electrons. The average Bonchev–Trinajstić information content (AvgIpc) is 2.63. The number of nitrogens with one attached hydrogen (secondary N) is 1. The van der Waals surface area contributed by atoms with Crippen molar-refractivity contribution in [1.29, 1.82) is 0 Å². The number of benzene rings is 1. The van der Waals surface area contributed by atoms with Gasteiger partial charge in [-0.25, -0.2) is 9.78 Å². The molecule has 0 bridgehead atoms. The number of pyridine rings is 1. The van der Waals surface area contributed by atoms with Crippen molar-refractivity contribution < 1.29 is 9.53 Å². The normalized spacial score (nSPS) is 14.3. The molecule has 1 amide bonds. The van der Waals surface area contributed by atoms with Gasteiger partial charge >= 0.3 is 6.09 Å². The molecule has 0 spiro atoms. The van der Waals surface area contributed by atoms with Gasteiger partial charge in [0.25, 0.3) is 0 Å². The number of amides is 1. The highest BCUT2D eigenvalue weighted by Crippen LogP contribution is 2.22. The second-order valence-electron chi connectivity index (χ2n) is 5.81. The number of carbonyl (C=O) groups is 1. The summed E-state index contributed by atoms with van der Waals surface area (Å²) in [4.78, 5) is 20.3. The number of ether oxygens (including phenoxy) is 1. The Kier molecular flexibility index (Phi) is 5.23. The Labute approximate surface area is 147 Å². The number of hydrogen-bond donors (Lipinski definition) is 2. The van der Waals surface area contributed by atoms with Crippen molar-refractivity contribution in [3.05, 3.63) is 42.6 Å². The summed E-state index contributed by atoms with van der Waals surface area (Å²) in [5, 5.41) is 2.64. The molecule has 0 saturated carbocycles. The van der Waals surface area contributed by atoms with E-state index in [-0.39, 0.29) is 0 Å². The maximum absolute atomic E-state index is 11.5. The molecule has 2 aromatic rings. The van der Waals surface area contributed by atoms with E-state index >= 15 is 0 Å². The zero-order valence-corrected chi connectivity index (χ0v) is 14.3. The minimum Gasteiger partial charge on any atom is -0.450 e. The summed E-state index contributed by atoms with van der Waals surface area (Å²) in [6.45, 7) is 5.74. The predicted octanol–water partition coefficient (Wildman–Crippen LogP) is 2.56. The van der Waals surface area contributed by atoms with Crippen LogP contribution in [0.4, 0.5) is 27.7 Å².